The first-order chi connectivity index (χ1) is 12.8. The highest BCUT2D eigenvalue weighted by molar-refractivity contribution is 7.36. The Balaban J connectivity index is 1.68. The van der Waals surface area contributed by atoms with E-state index in [4.69, 9.17) is 0 Å². The molecule has 0 aliphatic rings. The molecule has 0 amide bonds. The Morgan fingerprint density at radius 2 is 1.54 bits per heavy atom. The lowest BCUT2D eigenvalue weighted by molar-refractivity contribution is 1.52. The Morgan fingerprint density at radius 1 is 0.692 bits per heavy atom. The number of aryl methyl sites for hydroxylation is 1. The molecule has 6 aromatic rings. The van der Waals surface area contributed by atoms with E-state index >= 15 is 0 Å². The van der Waals surface area contributed by atoms with E-state index in [-0.39, 0.29) is 0 Å². The fraction of sp³-hybridized carbons (Fsp3) is 0.0435. The molecule has 0 aliphatic heterocycles. The largest absolute Gasteiger partial charge is 0.144 e. The van der Waals surface area contributed by atoms with E-state index in [0.29, 0.717) is 0 Å². The lowest BCUT2D eigenvalue weighted by Crippen LogP contribution is -1.76. The molecular formula is C23H14S3. The monoisotopic (exact) mass is 386 g/mol. The smallest absolute Gasteiger partial charge is 0.0542 e. The number of thiophene rings is 3. The van der Waals surface area contributed by atoms with Crippen LogP contribution in [0.4, 0.5) is 0 Å². The molecule has 0 spiro atoms. The molecule has 3 heterocycles. The van der Waals surface area contributed by atoms with E-state index in [2.05, 4.69) is 73.0 Å². The van der Waals surface area contributed by atoms with Crippen LogP contribution < -0.4 is 0 Å². The SMILES string of the molecule is Cc1ccc2sc3c4cc5cc(-c6cccs6)ccc5cc4sc3c2c1. The molecular weight excluding hydrogens is 372 g/mol. The van der Waals surface area contributed by atoms with Gasteiger partial charge < -0.3 is 0 Å². The summed E-state index contributed by atoms with van der Waals surface area (Å²) in [6, 6.07) is 22.7. The maximum absolute atomic E-state index is 2.39. The first-order valence-corrected chi connectivity index (χ1v) is 11.1. The summed E-state index contributed by atoms with van der Waals surface area (Å²) in [5.74, 6) is 0. The van der Waals surface area contributed by atoms with E-state index in [1.54, 1.807) is 11.3 Å². The zero-order valence-corrected chi connectivity index (χ0v) is 16.5. The maximum Gasteiger partial charge on any atom is 0.0542 e. The first kappa shape index (κ1) is 14.9. The van der Waals surface area contributed by atoms with Crippen LogP contribution in [0.5, 0.6) is 0 Å². The second-order valence-electron chi connectivity index (χ2n) is 6.75. The third-order valence-electron chi connectivity index (χ3n) is 5.00. The van der Waals surface area contributed by atoms with E-state index < -0.39 is 0 Å². The lowest BCUT2D eigenvalue weighted by Gasteiger charge is -2.02. The fourth-order valence-corrected chi connectivity index (χ4v) is 7.08. The third kappa shape index (κ3) is 2.11. The van der Waals surface area contributed by atoms with Crippen LogP contribution in [0.15, 0.2) is 66.0 Å². The van der Waals surface area contributed by atoms with Gasteiger partial charge in [0, 0.05) is 25.0 Å². The highest BCUT2D eigenvalue weighted by atomic mass is 32.1. The summed E-state index contributed by atoms with van der Waals surface area (Å²) in [6.07, 6.45) is 0. The molecule has 0 aliphatic carbocycles. The molecule has 0 radical (unpaired) electrons. The maximum atomic E-state index is 2.39. The molecule has 0 unspecified atom stereocenters. The van der Waals surface area contributed by atoms with Crippen molar-refractivity contribution in [1.29, 1.82) is 0 Å². The van der Waals surface area contributed by atoms with Crippen LogP contribution in [0, 0.1) is 6.92 Å². The predicted molar refractivity (Wildman–Crippen MR) is 120 cm³/mol. The molecule has 0 bridgehead atoms. The minimum Gasteiger partial charge on any atom is -0.144 e. The van der Waals surface area contributed by atoms with Gasteiger partial charge in [-0.1, -0.05) is 29.8 Å². The van der Waals surface area contributed by atoms with E-state index in [9.17, 15) is 0 Å². The van der Waals surface area contributed by atoms with Gasteiger partial charge in [0.15, 0.2) is 0 Å². The summed E-state index contributed by atoms with van der Waals surface area (Å²) in [5.41, 5.74) is 2.64. The summed E-state index contributed by atoms with van der Waals surface area (Å²) < 4.78 is 5.67. The van der Waals surface area contributed by atoms with Crippen LogP contribution in [-0.2, 0) is 0 Å². The van der Waals surface area contributed by atoms with Crippen molar-refractivity contribution in [2.45, 2.75) is 6.92 Å². The number of hydrogen-bond acceptors (Lipinski definition) is 3. The predicted octanol–water partition coefficient (Wildman–Crippen LogP) is 8.46. The van der Waals surface area contributed by atoms with Crippen LogP contribution in [0.1, 0.15) is 5.56 Å². The zero-order valence-electron chi connectivity index (χ0n) is 14.1. The molecule has 0 fully saturated rings. The molecule has 3 heteroatoms. The van der Waals surface area contributed by atoms with Gasteiger partial charge in [-0.05, 0) is 65.0 Å². The average Bonchev–Trinajstić information content (AvgIpc) is 3.36. The molecule has 6 rings (SSSR count). The summed E-state index contributed by atoms with van der Waals surface area (Å²) in [6.45, 7) is 2.18. The molecule has 3 aromatic carbocycles. The molecule has 0 N–H and O–H groups in total. The number of benzene rings is 3. The molecule has 0 nitrogen and oxygen atoms in total. The van der Waals surface area contributed by atoms with Crippen LogP contribution in [-0.4, -0.2) is 0 Å². The van der Waals surface area contributed by atoms with Gasteiger partial charge in [0.25, 0.3) is 0 Å². The quantitative estimate of drug-likeness (QED) is 0.266. The van der Waals surface area contributed by atoms with Crippen LogP contribution in [0.3, 0.4) is 0 Å². The van der Waals surface area contributed by atoms with Crippen molar-refractivity contribution in [3.63, 3.8) is 0 Å². The molecule has 0 atom stereocenters. The molecule has 0 saturated carbocycles. The normalized spacial score (nSPS) is 12.0. The number of rotatable bonds is 1. The summed E-state index contributed by atoms with van der Waals surface area (Å²) in [4.78, 5) is 1.33. The average molecular weight is 387 g/mol. The third-order valence-corrected chi connectivity index (χ3v) is 8.44. The lowest BCUT2D eigenvalue weighted by atomic mass is 10.0. The van der Waals surface area contributed by atoms with Gasteiger partial charge in [0.1, 0.15) is 0 Å². The van der Waals surface area contributed by atoms with E-state index in [1.165, 1.54) is 56.3 Å². The van der Waals surface area contributed by atoms with Gasteiger partial charge in [0.2, 0.25) is 0 Å². The van der Waals surface area contributed by atoms with Crippen LogP contribution >= 0.6 is 34.0 Å². The number of hydrogen-bond donors (Lipinski definition) is 0. The Hall–Kier alpha value is -2.20. The van der Waals surface area contributed by atoms with Crippen molar-refractivity contribution in [1.82, 2.24) is 0 Å². The Kier molecular flexibility index (Phi) is 3.10. The van der Waals surface area contributed by atoms with Crippen molar-refractivity contribution in [2.75, 3.05) is 0 Å². The highest BCUT2D eigenvalue weighted by Gasteiger charge is 2.13. The zero-order chi connectivity index (χ0) is 17.3. The molecule has 0 saturated heterocycles. The summed E-state index contributed by atoms with van der Waals surface area (Å²) in [7, 11) is 0. The summed E-state index contributed by atoms with van der Waals surface area (Å²) >= 11 is 5.67. The van der Waals surface area contributed by atoms with Crippen LogP contribution in [0.2, 0.25) is 0 Å². The Bertz CT molecular complexity index is 1430. The Morgan fingerprint density at radius 3 is 2.38 bits per heavy atom. The van der Waals surface area contributed by atoms with Gasteiger partial charge >= 0.3 is 0 Å². The topological polar surface area (TPSA) is 0 Å². The van der Waals surface area contributed by atoms with Gasteiger partial charge in [0.05, 0.1) is 9.40 Å². The van der Waals surface area contributed by atoms with Gasteiger partial charge in [-0.3, -0.25) is 0 Å². The fourth-order valence-electron chi connectivity index (χ4n) is 3.71. The minimum atomic E-state index is 1.31. The number of fused-ring (bicyclic) bond motifs is 6. The summed E-state index contributed by atoms with van der Waals surface area (Å²) in [5, 5.41) is 7.61. The van der Waals surface area contributed by atoms with E-state index in [0.717, 1.165) is 0 Å². The van der Waals surface area contributed by atoms with Crippen molar-refractivity contribution in [3.05, 3.63) is 71.6 Å². The molecule has 3 aromatic heterocycles. The molecule has 124 valence electrons. The van der Waals surface area contributed by atoms with Crippen LogP contribution in [0.25, 0.3) is 50.8 Å². The van der Waals surface area contributed by atoms with Gasteiger partial charge in [-0.15, -0.1) is 34.0 Å². The van der Waals surface area contributed by atoms with E-state index in [1.807, 2.05) is 22.7 Å². The second kappa shape index (κ2) is 5.40. The highest BCUT2D eigenvalue weighted by Crippen LogP contribution is 2.45. The standard InChI is InChI=1S/C23H14S3/c1-13-4-7-20-17(9-13)22-23(25-20)18-11-16-10-15(19-3-2-8-24-19)6-5-14(16)12-21(18)26-22/h2-12H,1H3. The first-order valence-electron chi connectivity index (χ1n) is 8.59. The minimum absolute atomic E-state index is 1.31. The van der Waals surface area contributed by atoms with Crippen molar-refractivity contribution in [3.8, 4) is 10.4 Å². The van der Waals surface area contributed by atoms with Gasteiger partial charge in [-0.25, -0.2) is 0 Å². The van der Waals surface area contributed by atoms with Crippen molar-refractivity contribution < 1.29 is 0 Å². The van der Waals surface area contributed by atoms with Gasteiger partial charge in [-0.2, -0.15) is 0 Å². The van der Waals surface area contributed by atoms with Crippen molar-refractivity contribution in [2.24, 2.45) is 0 Å². The second-order valence-corrected chi connectivity index (χ2v) is 9.80. The van der Waals surface area contributed by atoms with Crippen molar-refractivity contribution >= 4 is 74.4 Å². The molecule has 26 heavy (non-hydrogen) atoms. The Labute approximate surface area is 163 Å².